The summed E-state index contributed by atoms with van der Waals surface area (Å²) in [5.41, 5.74) is 2.26. The molecule has 13 heteroatoms. The lowest BCUT2D eigenvalue weighted by atomic mass is 9.68. The van der Waals surface area contributed by atoms with E-state index in [-0.39, 0.29) is 64.7 Å². The molecule has 1 saturated heterocycles. The molecule has 0 unspecified atom stereocenters. The number of rotatable bonds is 8. The minimum Gasteiger partial charge on any atom is -0.483 e. The summed E-state index contributed by atoms with van der Waals surface area (Å²) in [7, 11) is 0. The number of amides is 3. The van der Waals surface area contributed by atoms with Gasteiger partial charge in [-0.05, 0) is 96.5 Å². The SMILES string of the molecule is CCOC(=O)c1ccc(N2C(=O)[C@H]3[C@H]4C[C@@H]([C@@H]3C2=O)[C@@H]2[C@H](c3cc(Br)ccc3OCC(=O)Nc3ccc5ccccc5c3)c3sc(=O)[nH]c3S[C@H]42)cc1. The van der Waals surface area contributed by atoms with E-state index in [0.29, 0.717) is 22.7 Å². The Morgan fingerprint density at radius 3 is 2.45 bits per heavy atom. The zero-order valence-electron chi connectivity index (χ0n) is 28.2. The van der Waals surface area contributed by atoms with Gasteiger partial charge in [0.25, 0.3) is 5.91 Å². The Hall–Kier alpha value is -4.72. The van der Waals surface area contributed by atoms with E-state index in [2.05, 4.69) is 26.2 Å². The van der Waals surface area contributed by atoms with Crippen molar-refractivity contribution < 1.29 is 28.7 Å². The van der Waals surface area contributed by atoms with Gasteiger partial charge in [0.05, 0.1) is 34.7 Å². The molecule has 2 aliphatic carbocycles. The summed E-state index contributed by atoms with van der Waals surface area (Å²) in [5, 5.41) is 5.77. The third kappa shape index (κ3) is 5.71. The third-order valence-electron chi connectivity index (χ3n) is 11.1. The molecule has 5 aromatic rings. The Bertz CT molecular complexity index is 2390. The number of thioether (sulfide) groups is 1. The van der Waals surface area contributed by atoms with E-state index in [0.717, 1.165) is 48.5 Å². The number of thiazole rings is 1. The van der Waals surface area contributed by atoms with Gasteiger partial charge in [-0.1, -0.05) is 57.6 Å². The van der Waals surface area contributed by atoms with Gasteiger partial charge < -0.3 is 19.8 Å². The quantitative estimate of drug-likeness (QED) is 0.124. The van der Waals surface area contributed by atoms with Crippen LogP contribution < -0.4 is 19.8 Å². The van der Waals surface area contributed by atoms with Gasteiger partial charge in [-0.15, -0.1) is 11.8 Å². The molecule has 1 aromatic heterocycles. The van der Waals surface area contributed by atoms with E-state index in [1.54, 1.807) is 43.0 Å². The first-order chi connectivity index (χ1) is 25.7. The molecule has 268 valence electrons. The smallest absolute Gasteiger partial charge is 0.338 e. The van der Waals surface area contributed by atoms with Gasteiger partial charge in [-0.3, -0.25) is 24.1 Å². The van der Waals surface area contributed by atoms with Gasteiger partial charge in [0.2, 0.25) is 11.8 Å². The fourth-order valence-corrected chi connectivity index (χ4v) is 12.3. The highest BCUT2D eigenvalue weighted by Crippen LogP contribution is 2.69. The van der Waals surface area contributed by atoms with Crippen molar-refractivity contribution in [1.82, 2.24) is 4.98 Å². The standard InChI is InChI=1S/C40H32BrN3O7S2/c1-2-50-39(48)20-8-12-24(13-9-20)44-37(46)32-26-17-27(33(32)38(44)47)34-31(26)30(35-36(52-34)43-40(49)53-35)25-16-22(41)10-14-28(25)51-18-29(45)42-23-11-7-19-5-3-4-6-21(19)15-23/h3-16,26-27,30-34H,2,17-18H2,1H3,(H,42,45)(H,43,49)/t26-,27-,30+,31-,32+,33+,34-/m1/s1. The number of hydrogen-bond acceptors (Lipinski definition) is 9. The maximum atomic E-state index is 14.3. The van der Waals surface area contributed by atoms with E-state index in [1.165, 1.54) is 4.90 Å². The van der Waals surface area contributed by atoms with Crippen molar-refractivity contribution in [2.75, 3.05) is 23.4 Å². The van der Waals surface area contributed by atoms with Gasteiger partial charge in [0, 0.05) is 31.8 Å². The van der Waals surface area contributed by atoms with Crippen LogP contribution in [0.4, 0.5) is 11.4 Å². The molecule has 4 aliphatic rings. The molecular weight excluding hydrogens is 778 g/mol. The highest BCUT2D eigenvalue weighted by Gasteiger charge is 2.70. The van der Waals surface area contributed by atoms with Crippen molar-refractivity contribution in [3.8, 4) is 5.75 Å². The maximum Gasteiger partial charge on any atom is 0.338 e. The minimum absolute atomic E-state index is 0.0325. The fourth-order valence-electron chi connectivity index (χ4n) is 9.08. The minimum atomic E-state index is -0.511. The molecule has 9 rings (SSSR count). The monoisotopic (exact) mass is 809 g/mol. The fraction of sp³-hybridized carbons (Fsp3) is 0.275. The lowest BCUT2D eigenvalue weighted by Crippen LogP contribution is -2.42. The molecule has 0 radical (unpaired) electrons. The van der Waals surface area contributed by atoms with Crippen LogP contribution >= 0.6 is 39.0 Å². The number of aromatic nitrogens is 1. The average Bonchev–Trinajstić information content (AvgIpc) is 3.90. The zero-order chi connectivity index (χ0) is 36.5. The summed E-state index contributed by atoms with van der Waals surface area (Å²) in [6, 6.07) is 25.7. The number of halogens is 1. The van der Waals surface area contributed by atoms with Crippen LogP contribution in [0.3, 0.4) is 0 Å². The van der Waals surface area contributed by atoms with Crippen molar-refractivity contribution in [2.24, 2.45) is 29.6 Å². The molecule has 10 nitrogen and oxygen atoms in total. The van der Waals surface area contributed by atoms with Crippen LogP contribution in [0.25, 0.3) is 10.8 Å². The first kappa shape index (κ1) is 34.1. The summed E-state index contributed by atoms with van der Waals surface area (Å²) in [6.45, 7) is 1.74. The predicted molar refractivity (Wildman–Crippen MR) is 206 cm³/mol. The normalized spacial score (nSPS) is 25.2. The van der Waals surface area contributed by atoms with Gasteiger partial charge in [-0.2, -0.15) is 0 Å². The first-order valence-electron chi connectivity index (χ1n) is 17.5. The maximum absolute atomic E-state index is 14.3. The molecule has 4 aromatic carbocycles. The van der Waals surface area contributed by atoms with Crippen molar-refractivity contribution in [3.63, 3.8) is 0 Å². The molecule has 2 N–H and O–H groups in total. The van der Waals surface area contributed by atoms with E-state index >= 15 is 0 Å². The summed E-state index contributed by atoms with van der Waals surface area (Å²) >= 11 is 6.41. The van der Waals surface area contributed by atoms with Gasteiger partial charge in [0.1, 0.15) is 5.75 Å². The van der Waals surface area contributed by atoms with E-state index in [4.69, 9.17) is 9.47 Å². The van der Waals surface area contributed by atoms with Crippen LogP contribution in [0.15, 0.2) is 99.2 Å². The largest absolute Gasteiger partial charge is 0.483 e. The van der Waals surface area contributed by atoms with Crippen LogP contribution in [-0.4, -0.2) is 47.1 Å². The Kier molecular flexibility index (Phi) is 8.55. The van der Waals surface area contributed by atoms with E-state index in [1.807, 2.05) is 60.7 Å². The van der Waals surface area contributed by atoms with Crippen LogP contribution in [0, 0.1) is 29.6 Å². The molecule has 0 spiro atoms. The van der Waals surface area contributed by atoms with Crippen molar-refractivity contribution >= 4 is 84.9 Å². The molecule has 2 saturated carbocycles. The van der Waals surface area contributed by atoms with Crippen molar-refractivity contribution in [2.45, 2.75) is 29.5 Å². The first-order valence-corrected chi connectivity index (χ1v) is 19.9. The molecule has 3 heterocycles. The summed E-state index contributed by atoms with van der Waals surface area (Å²) in [5.74, 6) is -2.30. The molecule has 7 atom stereocenters. The number of hydrogen-bond donors (Lipinski definition) is 2. The lowest BCUT2D eigenvalue weighted by Gasteiger charge is -2.43. The second kappa shape index (κ2) is 13.3. The Labute approximate surface area is 320 Å². The summed E-state index contributed by atoms with van der Waals surface area (Å²) in [6.07, 6.45) is 0.721. The molecular formula is C40H32BrN3O7S2. The lowest BCUT2D eigenvalue weighted by molar-refractivity contribution is -0.123. The van der Waals surface area contributed by atoms with Crippen molar-refractivity contribution in [1.29, 1.82) is 0 Å². The van der Waals surface area contributed by atoms with Gasteiger partial charge >= 0.3 is 10.8 Å². The van der Waals surface area contributed by atoms with Crippen LogP contribution in [-0.2, 0) is 19.1 Å². The number of carbonyl (C=O) groups excluding carboxylic acids is 4. The molecule has 3 fully saturated rings. The number of carbonyl (C=O) groups is 4. The van der Waals surface area contributed by atoms with Crippen LogP contribution in [0.2, 0.25) is 0 Å². The van der Waals surface area contributed by atoms with E-state index < -0.39 is 17.8 Å². The zero-order valence-corrected chi connectivity index (χ0v) is 31.5. The highest BCUT2D eigenvalue weighted by atomic mass is 79.9. The predicted octanol–water partition coefficient (Wildman–Crippen LogP) is 7.22. The van der Waals surface area contributed by atoms with E-state index in [9.17, 15) is 24.0 Å². The molecule has 3 amide bonds. The Morgan fingerprint density at radius 1 is 0.925 bits per heavy atom. The van der Waals surface area contributed by atoms with Gasteiger partial charge in [0.15, 0.2) is 6.61 Å². The number of anilines is 2. The topological polar surface area (TPSA) is 135 Å². The van der Waals surface area contributed by atoms with Gasteiger partial charge in [-0.25, -0.2) is 4.79 Å². The van der Waals surface area contributed by atoms with Crippen LogP contribution in [0.1, 0.15) is 40.1 Å². The number of ether oxygens (including phenoxy) is 2. The number of benzene rings is 4. The second-order valence-electron chi connectivity index (χ2n) is 13.8. The molecule has 2 bridgehead atoms. The van der Waals surface area contributed by atoms with Crippen LogP contribution in [0.5, 0.6) is 5.75 Å². The molecule has 53 heavy (non-hydrogen) atoms. The highest BCUT2D eigenvalue weighted by molar-refractivity contribution is 9.10. The summed E-state index contributed by atoms with van der Waals surface area (Å²) in [4.78, 5) is 71.7. The molecule has 2 aliphatic heterocycles. The number of esters is 1. The number of nitrogens with zero attached hydrogens (tertiary/aromatic N) is 1. The third-order valence-corrected chi connectivity index (χ3v) is 14.1. The second-order valence-corrected chi connectivity index (χ2v) is 16.9. The number of imide groups is 1. The average molecular weight is 811 g/mol. The number of aromatic amines is 1. The number of fused-ring (bicyclic) bond motifs is 10. The Balaban J connectivity index is 1.01. The van der Waals surface area contributed by atoms with Crippen molar-refractivity contribution in [3.05, 3.63) is 115 Å². The number of nitrogens with one attached hydrogen (secondary N) is 2. The summed E-state index contributed by atoms with van der Waals surface area (Å²) < 4.78 is 12.2. The Morgan fingerprint density at radius 2 is 1.68 bits per heavy atom. The number of H-pyrrole nitrogens is 1.